The molecule has 0 amide bonds. The maximum Gasteiger partial charge on any atom is 0.306 e. The van der Waals surface area contributed by atoms with E-state index in [-0.39, 0.29) is 31.1 Å². The molecule has 74 heavy (non-hydrogen) atoms. The molecule has 0 aliphatic carbocycles. The largest absolute Gasteiger partial charge is 0.462 e. The predicted octanol–water partition coefficient (Wildman–Crippen LogP) is 22.6. The minimum Gasteiger partial charge on any atom is -0.462 e. The van der Waals surface area contributed by atoms with Crippen molar-refractivity contribution in [3.63, 3.8) is 0 Å². The van der Waals surface area contributed by atoms with E-state index in [1.165, 1.54) is 257 Å². The van der Waals surface area contributed by atoms with Crippen LogP contribution in [-0.4, -0.2) is 37.2 Å². The zero-order chi connectivity index (χ0) is 53.6. The van der Waals surface area contributed by atoms with E-state index in [1.54, 1.807) is 0 Å². The SMILES string of the molecule is CCCCCC/C=C\C/C=C\CCCCCCCC(=O)OCC(COC(=O)CCCCCCCCCCCCCCCCCCCCCCC)OC(=O)CCCCCCCCCCCCCCCCCCCCC. The van der Waals surface area contributed by atoms with Gasteiger partial charge in [-0.25, -0.2) is 0 Å². The van der Waals surface area contributed by atoms with Gasteiger partial charge in [-0.15, -0.1) is 0 Å². The van der Waals surface area contributed by atoms with Crippen molar-refractivity contribution < 1.29 is 28.6 Å². The van der Waals surface area contributed by atoms with Crippen LogP contribution in [0, 0.1) is 0 Å². The third kappa shape index (κ3) is 60.8. The van der Waals surface area contributed by atoms with Gasteiger partial charge in [0.1, 0.15) is 13.2 Å². The van der Waals surface area contributed by atoms with Crippen molar-refractivity contribution in [1.29, 1.82) is 0 Å². The first kappa shape index (κ1) is 71.9. The number of unbranched alkanes of at least 4 members (excludes halogenated alkanes) is 47. The Bertz CT molecular complexity index is 1190. The Morgan fingerprint density at radius 2 is 0.486 bits per heavy atom. The highest BCUT2D eigenvalue weighted by Crippen LogP contribution is 2.18. The smallest absolute Gasteiger partial charge is 0.306 e. The maximum atomic E-state index is 12.9. The van der Waals surface area contributed by atoms with Crippen molar-refractivity contribution >= 4 is 17.9 Å². The van der Waals surface area contributed by atoms with Crippen molar-refractivity contribution in [1.82, 2.24) is 0 Å². The van der Waals surface area contributed by atoms with Gasteiger partial charge < -0.3 is 14.2 Å². The van der Waals surface area contributed by atoms with Gasteiger partial charge in [0.2, 0.25) is 0 Å². The molecular weight excluding hydrogens is 913 g/mol. The second kappa shape index (κ2) is 63.4. The fraction of sp³-hybridized carbons (Fsp3) is 0.897. The molecule has 0 saturated carbocycles. The highest BCUT2D eigenvalue weighted by molar-refractivity contribution is 5.71. The summed E-state index contributed by atoms with van der Waals surface area (Å²) in [5.74, 6) is -0.853. The van der Waals surface area contributed by atoms with Crippen LogP contribution in [0.3, 0.4) is 0 Å². The lowest BCUT2D eigenvalue weighted by molar-refractivity contribution is -0.167. The summed E-state index contributed by atoms with van der Waals surface area (Å²) in [5, 5.41) is 0. The first-order valence-corrected chi connectivity index (χ1v) is 33.3. The molecule has 0 N–H and O–H groups in total. The van der Waals surface area contributed by atoms with Crippen LogP contribution >= 0.6 is 0 Å². The molecule has 0 aliphatic heterocycles. The monoisotopic (exact) mass is 1040 g/mol. The molecule has 6 heteroatoms. The Morgan fingerprint density at radius 3 is 0.757 bits per heavy atom. The number of carbonyl (C=O) groups excluding carboxylic acids is 3. The topological polar surface area (TPSA) is 78.9 Å². The second-order valence-corrected chi connectivity index (χ2v) is 22.7. The second-order valence-electron chi connectivity index (χ2n) is 22.7. The van der Waals surface area contributed by atoms with Gasteiger partial charge in [0.15, 0.2) is 6.10 Å². The highest BCUT2D eigenvalue weighted by atomic mass is 16.6. The number of hydrogen-bond acceptors (Lipinski definition) is 6. The van der Waals surface area contributed by atoms with E-state index in [1.807, 2.05) is 0 Å². The van der Waals surface area contributed by atoms with E-state index in [4.69, 9.17) is 14.2 Å². The van der Waals surface area contributed by atoms with E-state index in [2.05, 4.69) is 45.1 Å². The molecule has 0 rings (SSSR count). The van der Waals surface area contributed by atoms with Gasteiger partial charge in [-0.1, -0.05) is 328 Å². The van der Waals surface area contributed by atoms with Crippen LogP contribution < -0.4 is 0 Å². The van der Waals surface area contributed by atoms with Gasteiger partial charge in [-0.3, -0.25) is 14.4 Å². The molecule has 1 unspecified atom stereocenters. The minimum atomic E-state index is -0.773. The van der Waals surface area contributed by atoms with Gasteiger partial charge in [-0.05, 0) is 51.4 Å². The van der Waals surface area contributed by atoms with E-state index in [9.17, 15) is 14.4 Å². The van der Waals surface area contributed by atoms with Gasteiger partial charge in [0, 0.05) is 19.3 Å². The average molecular weight is 1040 g/mol. The number of carbonyl (C=O) groups is 3. The summed E-state index contributed by atoms with van der Waals surface area (Å²) in [6, 6.07) is 0. The first-order valence-electron chi connectivity index (χ1n) is 33.3. The van der Waals surface area contributed by atoms with Crippen molar-refractivity contribution in [2.45, 2.75) is 380 Å². The van der Waals surface area contributed by atoms with Crippen molar-refractivity contribution in [3.8, 4) is 0 Å². The molecule has 1 atom stereocenters. The third-order valence-corrected chi connectivity index (χ3v) is 15.2. The van der Waals surface area contributed by atoms with Crippen LogP contribution in [0.25, 0.3) is 0 Å². The van der Waals surface area contributed by atoms with Crippen LogP contribution in [0.5, 0.6) is 0 Å². The molecule has 0 radical (unpaired) electrons. The Balaban J connectivity index is 4.30. The lowest BCUT2D eigenvalue weighted by Crippen LogP contribution is -2.30. The molecule has 0 aromatic carbocycles. The molecule has 0 fully saturated rings. The molecule has 6 nitrogen and oxygen atoms in total. The number of esters is 3. The number of ether oxygens (including phenoxy) is 3. The van der Waals surface area contributed by atoms with Crippen LogP contribution in [0.2, 0.25) is 0 Å². The maximum absolute atomic E-state index is 12.9. The number of hydrogen-bond donors (Lipinski definition) is 0. The van der Waals surface area contributed by atoms with Crippen molar-refractivity contribution in [2.24, 2.45) is 0 Å². The van der Waals surface area contributed by atoms with Crippen LogP contribution in [0.4, 0.5) is 0 Å². The summed E-state index contributed by atoms with van der Waals surface area (Å²) in [6.07, 6.45) is 76.2. The fourth-order valence-electron chi connectivity index (χ4n) is 10.2. The van der Waals surface area contributed by atoms with E-state index in [0.29, 0.717) is 19.3 Å². The number of allylic oxidation sites excluding steroid dienone is 4. The fourth-order valence-corrected chi connectivity index (χ4v) is 10.2. The first-order chi connectivity index (χ1) is 36.5. The summed E-state index contributed by atoms with van der Waals surface area (Å²) in [5.41, 5.74) is 0. The minimum absolute atomic E-state index is 0.0694. The summed E-state index contributed by atoms with van der Waals surface area (Å²) in [7, 11) is 0. The summed E-state index contributed by atoms with van der Waals surface area (Å²) in [4.78, 5) is 38.4. The Hall–Kier alpha value is -2.11. The van der Waals surface area contributed by atoms with E-state index in [0.717, 1.165) is 77.0 Å². The summed E-state index contributed by atoms with van der Waals surface area (Å²) >= 11 is 0. The molecule has 0 spiro atoms. The third-order valence-electron chi connectivity index (χ3n) is 15.2. The molecular formula is C68H128O6. The Labute approximate surface area is 462 Å². The zero-order valence-corrected chi connectivity index (χ0v) is 50.1. The van der Waals surface area contributed by atoms with Crippen LogP contribution in [0.1, 0.15) is 374 Å². The van der Waals surface area contributed by atoms with Crippen LogP contribution in [0.15, 0.2) is 24.3 Å². The zero-order valence-electron chi connectivity index (χ0n) is 50.1. The number of rotatable bonds is 62. The Kier molecular flexibility index (Phi) is 61.6. The van der Waals surface area contributed by atoms with Gasteiger partial charge in [0.25, 0.3) is 0 Å². The standard InChI is InChI=1S/C68H128O6/c1-4-7-10-13-16-19-22-25-28-31-33-34-36-37-40-43-46-49-52-55-58-61-67(70)73-64-65(63-72-66(69)60-57-54-51-48-45-42-39-30-27-24-21-18-15-12-9-6-3)74-68(71)62-59-56-53-50-47-44-41-38-35-32-29-26-23-20-17-14-11-8-5-2/h21,24,30,39,65H,4-20,22-23,25-29,31-38,40-64H2,1-3H3/b24-21-,39-30-. The normalized spacial score (nSPS) is 12.1. The lowest BCUT2D eigenvalue weighted by Gasteiger charge is -2.18. The molecule has 0 aliphatic rings. The Morgan fingerprint density at radius 1 is 0.270 bits per heavy atom. The molecule has 0 heterocycles. The molecule has 0 saturated heterocycles. The molecule has 0 aromatic rings. The summed E-state index contributed by atoms with van der Waals surface area (Å²) in [6.45, 7) is 6.69. The van der Waals surface area contributed by atoms with Crippen molar-refractivity contribution in [3.05, 3.63) is 24.3 Å². The molecule has 0 aromatic heterocycles. The quantitative estimate of drug-likeness (QED) is 0.0261. The van der Waals surface area contributed by atoms with Gasteiger partial charge in [-0.2, -0.15) is 0 Å². The van der Waals surface area contributed by atoms with Gasteiger partial charge in [0.05, 0.1) is 0 Å². The van der Waals surface area contributed by atoms with Crippen LogP contribution in [-0.2, 0) is 28.6 Å². The van der Waals surface area contributed by atoms with Crippen molar-refractivity contribution in [2.75, 3.05) is 13.2 Å². The predicted molar refractivity (Wildman–Crippen MR) is 321 cm³/mol. The van der Waals surface area contributed by atoms with E-state index < -0.39 is 6.10 Å². The average Bonchev–Trinajstić information content (AvgIpc) is 3.40. The lowest BCUT2D eigenvalue weighted by atomic mass is 10.0. The van der Waals surface area contributed by atoms with E-state index >= 15 is 0 Å². The highest BCUT2D eigenvalue weighted by Gasteiger charge is 2.19. The summed E-state index contributed by atoms with van der Waals surface area (Å²) < 4.78 is 17.0. The van der Waals surface area contributed by atoms with Gasteiger partial charge >= 0.3 is 17.9 Å². The molecule has 0 bridgehead atoms. The molecule has 436 valence electrons.